The molecule has 0 bridgehead atoms. The number of hydrazone groups is 1. The fourth-order valence-electron chi connectivity index (χ4n) is 3.24. The summed E-state index contributed by atoms with van der Waals surface area (Å²) in [5.74, 6) is 0.739. The van der Waals surface area contributed by atoms with Crippen molar-refractivity contribution in [1.82, 2.24) is 5.43 Å². The van der Waals surface area contributed by atoms with Crippen molar-refractivity contribution in [3.8, 4) is 11.5 Å². The molecule has 4 rings (SSSR count). The molecular formula is C25H20BrN3O5S. The molecule has 0 aliphatic rings. The van der Waals surface area contributed by atoms with Gasteiger partial charge in [0, 0.05) is 32.3 Å². The predicted molar refractivity (Wildman–Crippen MR) is 140 cm³/mol. The summed E-state index contributed by atoms with van der Waals surface area (Å²) in [4.78, 5) is 23.4. The molecule has 0 radical (unpaired) electrons. The van der Waals surface area contributed by atoms with E-state index in [-0.39, 0.29) is 5.69 Å². The maximum Gasteiger partial charge on any atom is 0.281 e. The molecule has 4 aromatic rings. The molecule has 0 unspecified atom stereocenters. The number of hydrogen-bond acceptors (Lipinski definition) is 7. The molecule has 10 heteroatoms. The van der Waals surface area contributed by atoms with Crippen LogP contribution in [0, 0.1) is 10.1 Å². The number of ether oxygens (including phenoxy) is 2. The van der Waals surface area contributed by atoms with E-state index in [0.29, 0.717) is 40.5 Å². The second-order valence-corrected chi connectivity index (χ2v) is 9.25. The monoisotopic (exact) mass is 553 g/mol. The number of benzene rings is 3. The molecule has 35 heavy (non-hydrogen) atoms. The van der Waals surface area contributed by atoms with E-state index in [1.807, 2.05) is 37.3 Å². The highest BCUT2D eigenvalue weighted by molar-refractivity contribution is 9.10. The summed E-state index contributed by atoms with van der Waals surface area (Å²) >= 11 is 4.76. The molecule has 1 aromatic heterocycles. The molecule has 0 aliphatic carbocycles. The summed E-state index contributed by atoms with van der Waals surface area (Å²) < 4.78 is 13.2. The number of non-ortho nitro benzene ring substituents is 1. The maximum absolute atomic E-state index is 12.5. The third kappa shape index (κ3) is 6.03. The highest BCUT2D eigenvalue weighted by Gasteiger charge is 2.14. The van der Waals surface area contributed by atoms with Crippen molar-refractivity contribution < 1.29 is 19.2 Å². The lowest BCUT2D eigenvalue weighted by atomic mass is 10.2. The maximum atomic E-state index is 12.5. The first-order chi connectivity index (χ1) is 16.9. The normalized spacial score (nSPS) is 11.0. The molecule has 178 valence electrons. The number of carbonyl (C=O) groups excluding carboxylic acids is 1. The first kappa shape index (κ1) is 24.4. The Labute approximate surface area is 213 Å². The van der Waals surface area contributed by atoms with Gasteiger partial charge in [-0.2, -0.15) is 5.10 Å². The number of fused-ring (bicyclic) bond motifs is 1. The van der Waals surface area contributed by atoms with Crippen LogP contribution in [0.1, 0.15) is 27.7 Å². The van der Waals surface area contributed by atoms with E-state index in [4.69, 9.17) is 9.47 Å². The average Bonchev–Trinajstić information content (AvgIpc) is 3.29. The molecule has 0 fully saturated rings. The summed E-state index contributed by atoms with van der Waals surface area (Å²) in [6, 6.07) is 19.5. The number of thiophene rings is 1. The van der Waals surface area contributed by atoms with Crippen LogP contribution in [0.15, 0.2) is 76.3 Å². The minimum Gasteiger partial charge on any atom is -0.490 e. The molecular weight excluding hydrogens is 534 g/mol. The molecule has 0 saturated carbocycles. The molecule has 1 amide bonds. The Kier molecular flexibility index (Phi) is 7.74. The lowest BCUT2D eigenvalue weighted by molar-refractivity contribution is -0.384. The van der Waals surface area contributed by atoms with Crippen LogP contribution in [0.25, 0.3) is 10.1 Å². The van der Waals surface area contributed by atoms with E-state index in [1.54, 1.807) is 24.3 Å². The van der Waals surface area contributed by atoms with Crippen molar-refractivity contribution in [1.29, 1.82) is 0 Å². The third-order valence-electron chi connectivity index (χ3n) is 4.90. The molecule has 3 aromatic carbocycles. The number of amides is 1. The Balaban J connectivity index is 1.46. The Morgan fingerprint density at radius 2 is 1.89 bits per heavy atom. The molecule has 1 N–H and O–H groups in total. The van der Waals surface area contributed by atoms with Crippen LogP contribution < -0.4 is 14.9 Å². The molecule has 0 saturated heterocycles. The van der Waals surface area contributed by atoms with Gasteiger partial charge in [0.2, 0.25) is 0 Å². The molecule has 0 spiro atoms. The van der Waals surface area contributed by atoms with Gasteiger partial charge in [0.1, 0.15) is 6.61 Å². The molecule has 8 nitrogen and oxygen atoms in total. The van der Waals surface area contributed by atoms with E-state index in [2.05, 4.69) is 26.5 Å². The molecule has 0 aliphatic heterocycles. The van der Waals surface area contributed by atoms with Gasteiger partial charge >= 0.3 is 0 Å². The fourth-order valence-corrected chi connectivity index (χ4v) is 4.60. The number of nitro benzene ring substituents is 1. The Bertz CT molecular complexity index is 1410. The quantitative estimate of drug-likeness (QED) is 0.148. The minimum atomic E-state index is -0.465. The lowest BCUT2D eigenvalue weighted by Gasteiger charge is -2.14. The summed E-state index contributed by atoms with van der Waals surface area (Å²) in [7, 11) is 0. The van der Waals surface area contributed by atoms with Crippen molar-refractivity contribution in [3.63, 3.8) is 0 Å². The number of nitro groups is 1. The van der Waals surface area contributed by atoms with Gasteiger partial charge in [-0.1, -0.05) is 30.3 Å². The van der Waals surface area contributed by atoms with Gasteiger partial charge < -0.3 is 9.47 Å². The third-order valence-corrected chi connectivity index (χ3v) is 6.71. The zero-order valence-corrected chi connectivity index (χ0v) is 21.0. The van der Waals surface area contributed by atoms with Gasteiger partial charge in [0.25, 0.3) is 11.6 Å². The topological polar surface area (TPSA) is 103 Å². The Hall–Kier alpha value is -3.76. The van der Waals surface area contributed by atoms with Gasteiger partial charge in [-0.25, -0.2) is 5.43 Å². The lowest BCUT2D eigenvalue weighted by Crippen LogP contribution is -2.16. The van der Waals surface area contributed by atoms with Crippen molar-refractivity contribution in [2.75, 3.05) is 6.61 Å². The number of halogens is 1. The van der Waals surface area contributed by atoms with Crippen molar-refractivity contribution in [2.45, 2.75) is 13.5 Å². The van der Waals surface area contributed by atoms with Crippen LogP contribution >= 0.6 is 27.3 Å². The summed E-state index contributed by atoms with van der Waals surface area (Å²) in [5.41, 5.74) is 4.20. The Morgan fingerprint density at radius 1 is 1.11 bits per heavy atom. The second-order valence-electron chi connectivity index (χ2n) is 7.32. The first-order valence-electron chi connectivity index (χ1n) is 10.6. The van der Waals surface area contributed by atoms with Crippen LogP contribution in [0.3, 0.4) is 0 Å². The van der Waals surface area contributed by atoms with Crippen molar-refractivity contribution in [2.24, 2.45) is 5.10 Å². The van der Waals surface area contributed by atoms with Crippen LogP contribution in [0.4, 0.5) is 5.69 Å². The van der Waals surface area contributed by atoms with E-state index < -0.39 is 10.8 Å². The van der Waals surface area contributed by atoms with E-state index >= 15 is 0 Å². The number of rotatable bonds is 9. The van der Waals surface area contributed by atoms with Gasteiger partial charge in [-0.05, 0) is 52.7 Å². The van der Waals surface area contributed by atoms with Gasteiger partial charge in [0.15, 0.2) is 11.5 Å². The number of nitrogens with one attached hydrogen (secondary N) is 1. The van der Waals surface area contributed by atoms with Gasteiger partial charge in [-0.15, -0.1) is 11.3 Å². The Morgan fingerprint density at radius 3 is 2.63 bits per heavy atom. The zero-order chi connectivity index (χ0) is 24.8. The van der Waals surface area contributed by atoms with Crippen LogP contribution in [0.2, 0.25) is 0 Å². The second kappa shape index (κ2) is 11.1. The van der Waals surface area contributed by atoms with Crippen LogP contribution in [0.5, 0.6) is 11.5 Å². The van der Waals surface area contributed by atoms with Crippen molar-refractivity contribution in [3.05, 3.63) is 97.3 Å². The zero-order valence-electron chi connectivity index (χ0n) is 18.6. The summed E-state index contributed by atoms with van der Waals surface area (Å²) in [6.45, 7) is 2.74. The standard InChI is InChI=1S/C25H20BrN3O5S/c1-2-33-21-11-18(20(26)13-22(21)34-15-16-6-4-3-5-7-16)14-27-28-25(30)24-12-17-10-19(29(31)32)8-9-23(17)35-24/h3-14H,2,15H2,1H3,(H,28,30)/b27-14-. The van der Waals surface area contributed by atoms with E-state index in [9.17, 15) is 14.9 Å². The largest absolute Gasteiger partial charge is 0.490 e. The molecule has 0 atom stereocenters. The molecule has 1 heterocycles. The van der Waals surface area contributed by atoms with E-state index in [1.165, 1.54) is 29.7 Å². The van der Waals surface area contributed by atoms with Gasteiger partial charge in [-0.3, -0.25) is 14.9 Å². The minimum absolute atomic E-state index is 0.0218. The number of hydrogen-bond donors (Lipinski definition) is 1. The average molecular weight is 554 g/mol. The highest BCUT2D eigenvalue weighted by Crippen LogP contribution is 2.34. The highest BCUT2D eigenvalue weighted by atomic mass is 79.9. The summed E-state index contributed by atoms with van der Waals surface area (Å²) in [6.07, 6.45) is 1.50. The SMILES string of the molecule is CCOc1cc(/C=N\NC(=O)c2cc3cc([N+](=O)[O-])ccc3s2)c(Br)cc1OCc1ccccc1. The fraction of sp³-hybridized carbons (Fsp3) is 0.120. The van der Waals surface area contributed by atoms with Crippen LogP contribution in [-0.4, -0.2) is 23.7 Å². The van der Waals surface area contributed by atoms with Crippen molar-refractivity contribution >= 4 is 55.2 Å². The van der Waals surface area contributed by atoms with E-state index in [0.717, 1.165) is 14.7 Å². The summed E-state index contributed by atoms with van der Waals surface area (Å²) in [5, 5.41) is 15.7. The predicted octanol–water partition coefficient (Wildman–Crippen LogP) is 6.31. The number of carbonyl (C=O) groups is 1. The smallest absolute Gasteiger partial charge is 0.281 e. The van der Waals surface area contributed by atoms with Crippen LogP contribution in [-0.2, 0) is 6.61 Å². The number of nitrogens with zero attached hydrogens (tertiary/aromatic N) is 2. The first-order valence-corrected chi connectivity index (χ1v) is 12.2. The van der Waals surface area contributed by atoms with Gasteiger partial charge in [0.05, 0.1) is 22.6 Å².